The lowest BCUT2D eigenvalue weighted by Crippen LogP contribution is -2.52. The van der Waals surface area contributed by atoms with Crippen LogP contribution in [0, 0.1) is 0 Å². The number of nitrogens with one attached hydrogen (secondary N) is 1. The maximum atomic E-state index is 13.6. The third-order valence-corrected chi connectivity index (χ3v) is 8.48. The van der Waals surface area contributed by atoms with E-state index in [1.54, 1.807) is 37.3 Å². The van der Waals surface area contributed by atoms with Crippen molar-refractivity contribution >= 4 is 55.8 Å². The molecule has 0 aliphatic heterocycles. The van der Waals surface area contributed by atoms with E-state index in [0.29, 0.717) is 22.0 Å². The van der Waals surface area contributed by atoms with Gasteiger partial charge in [-0.3, -0.25) is 9.59 Å². The normalized spacial score (nSPS) is 12.6. The number of halogens is 2. The number of likely N-dealkylation sites (N-methyl/N-ethyl adjacent to an activating group) is 1. The zero-order valence-electron chi connectivity index (χ0n) is 21.2. The van der Waals surface area contributed by atoms with Crippen LogP contribution in [0.3, 0.4) is 0 Å². The second kappa shape index (κ2) is 12.3. The molecule has 0 aliphatic carbocycles. The summed E-state index contributed by atoms with van der Waals surface area (Å²) in [6.45, 7) is 5.08. The molecule has 3 aromatic rings. The highest BCUT2D eigenvalue weighted by atomic mass is 35.5. The molecule has 3 rings (SSSR count). The summed E-state index contributed by atoms with van der Waals surface area (Å²) in [6, 6.07) is 16.3. The van der Waals surface area contributed by atoms with Gasteiger partial charge in [0.25, 0.3) is 0 Å². The summed E-state index contributed by atoms with van der Waals surface area (Å²) in [6.07, 6.45) is 0.340. The average Bonchev–Trinajstić information content (AvgIpc) is 2.85. The molecule has 0 unspecified atom stereocenters. The van der Waals surface area contributed by atoms with Crippen LogP contribution in [-0.2, 0) is 26.2 Å². The van der Waals surface area contributed by atoms with Crippen molar-refractivity contribution in [3.05, 3.63) is 76.3 Å². The van der Waals surface area contributed by atoms with E-state index in [4.69, 9.17) is 23.2 Å². The molecule has 0 saturated heterocycles. The van der Waals surface area contributed by atoms with Gasteiger partial charge in [0.05, 0.1) is 21.5 Å². The van der Waals surface area contributed by atoms with Gasteiger partial charge in [-0.15, -0.1) is 0 Å². The molecule has 0 radical (unpaired) electrons. The van der Waals surface area contributed by atoms with Crippen molar-refractivity contribution in [2.75, 3.05) is 13.6 Å². The summed E-state index contributed by atoms with van der Waals surface area (Å²) in [5.41, 5.74) is 0.665. The van der Waals surface area contributed by atoms with Gasteiger partial charge in [0, 0.05) is 19.6 Å². The summed E-state index contributed by atoms with van der Waals surface area (Å²) in [7, 11) is -2.61. The van der Waals surface area contributed by atoms with Crippen molar-refractivity contribution in [1.82, 2.24) is 14.5 Å². The topological polar surface area (TPSA) is 86.8 Å². The molecule has 0 fully saturated rings. The molecule has 3 aromatic carbocycles. The molecule has 1 atom stereocenters. The van der Waals surface area contributed by atoms with Gasteiger partial charge in [-0.2, -0.15) is 4.31 Å². The SMILES string of the molecule is CC[C@H](C(=O)NC(C)C)N(Cc1ccc(Cl)c(Cl)c1)C(=O)CN(C)S(=O)(=O)c1ccc2ccccc2c1. The first-order valence-corrected chi connectivity index (χ1v) is 14.1. The van der Waals surface area contributed by atoms with E-state index in [2.05, 4.69) is 5.32 Å². The summed E-state index contributed by atoms with van der Waals surface area (Å²) in [5.74, 6) is -0.824. The maximum Gasteiger partial charge on any atom is 0.243 e. The van der Waals surface area contributed by atoms with Crippen molar-refractivity contribution in [1.29, 1.82) is 0 Å². The Kier molecular flexibility index (Phi) is 9.58. The average molecular weight is 565 g/mol. The van der Waals surface area contributed by atoms with Crippen LogP contribution in [0.1, 0.15) is 32.8 Å². The Morgan fingerprint density at radius 1 is 0.946 bits per heavy atom. The summed E-state index contributed by atoms with van der Waals surface area (Å²) in [4.78, 5) is 28.0. The number of sulfonamides is 1. The number of hydrogen-bond acceptors (Lipinski definition) is 4. The largest absolute Gasteiger partial charge is 0.352 e. The Bertz CT molecular complexity index is 1400. The highest BCUT2D eigenvalue weighted by molar-refractivity contribution is 7.89. The number of benzene rings is 3. The lowest BCUT2D eigenvalue weighted by molar-refractivity contribution is -0.141. The predicted octanol–water partition coefficient (Wildman–Crippen LogP) is 5.10. The van der Waals surface area contributed by atoms with E-state index in [1.807, 2.05) is 38.1 Å². The second-order valence-corrected chi connectivity index (χ2v) is 12.0. The van der Waals surface area contributed by atoms with Gasteiger partial charge in [0.2, 0.25) is 21.8 Å². The predicted molar refractivity (Wildman–Crippen MR) is 148 cm³/mol. The van der Waals surface area contributed by atoms with Crippen LogP contribution in [-0.4, -0.2) is 55.1 Å². The lowest BCUT2D eigenvalue weighted by atomic mass is 10.1. The van der Waals surface area contributed by atoms with Crippen molar-refractivity contribution < 1.29 is 18.0 Å². The second-order valence-electron chi connectivity index (χ2n) is 9.13. The molecule has 2 amide bonds. The smallest absolute Gasteiger partial charge is 0.243 e. The molecule has 37 heavy (non-hydrogen) atoms. The maximum absolute atomic E-state index is 13.6. The third-order valence-electron chi connectivity index (χ3n) is 5.94. The van der Waals surface area contributed by atoms with E-state index in [9.17, 15) is 18.0 Å². The lowest BCUT2D eigenvalue weighted by Gasteiger charge is -2.32. The number of carbonyl (C=O) groups excluding carboxylic acids is 2. The molecule has 7 nitrogen and oxygen atoms in total. The minimum Gasteiger partial charge on any atom is -0.352 e. The van der Waals surface area contributed by atoms with E-state index >= 15 is 0 Å². The van der Waals surface area contributed by atoms with Crippen LogP contribution < -0.4 is 5.32 Å². The number of nitrogens with zero attached hydrogens (tertiary/aromatic N) is 2. The number of rotatable bonds is 10. The Morgan fingerprint density at radius 3 is 2.24 bits per heavy atom. The quantitative estimate of drug-likeness (QED) is 0.371. The fourth-order valence-electron chi connectivity index (χ4n) is 4.01. The molecule has 1 N–H and O–H groups in total. The zero-order valence-corrected chi connectivity index (χ0v) is 23.6. The Morgan fingerprint density at radius 2 is 1.62 bits per heavy atom. The van der Waals surface area contributed by atoms with Crippen LogP contribution in [0.4, 0.5) is 0 Å². The fraction of sp³-hybridized carbons (Fsp3) is 0.333. The van der Waals surface area contributed by atoms with Crippen molar-refractivity contribution in [3.63, 3.8) is 0 Å². The highest BCUT2D eigenvalue weighted by Crippen LogP contribution is 2.25. The first kappa shape index (κ1) is 28.9. The van der Waals surface area contributed by atoms with Crippen molar-refractivity contribution in [3.8, 4) is 0 Å². The van der Waals surface area contributed by atoms with Crippen LogP contribution in [0.25, 0.3) is 10.8 Å². The van der Waals surface area contributed by atoms with Gasteiger partial charge < -0.3 is 10.2 Å². The molecule has 0 saturated carbocycles. The highest BCUT2D eigenvalue weighted by Gasteiger charge is 2.32. The van der Waals surface area contributed by atoms with Gasteiger partial charge in [0.15, 0.2) is 0 Å². The van der Waals surface area contributed by atoms with E-state index in [1.165, 1.54) is 18.0 Å². The van der Waals surface area contributed by atoms with Gasteiger partial charge in [-0.05, 0) is 60.9 Å². The molecule has 0 aliphatic rings. The molecule has 10 heteroatoms. The standard InChI is InChI=1S/C27H31Cl2N3O4S/c1-5-25(27(34)30-18(2)3)32(16-19-10-13-23(28)24(29)14-19)26(33)17-31(4)37(35,36)22-12-11-20-8-6-7-9-21(20)15-22/h6-15,18,25H,5,16-17H2,1-4H3,(H,30,34)/t25-/m1/s1. The number of hydrogen-bond donors (Lipinski definition) is 1. The third kappa shape index (κ3) is 7.02. The summed E-state index contributed by atoms with van der Waals surface area (Å²) in [5, 5.41) is 5.23. The van der Waals surface area contributed by atoms with Gasteiger partial charge >= 0.3 is 0 Å². The molecule has 198 valence electrons. The molecule has 0 aromatic heterocycles. The van der Waals surface area contributed by atoms with Gasteiger partial charge in [0.1, 0.15) is 6.04 Å². The van der Waals surface area contributed by atoms with E-state index in [-0.39, 0.29) is 23.4 Å². The van der Waals surface area contributed by atoms with E-state index in [0.717, 1.165) is 15.1 Å². The Balaban J connectivity index is 1.90. The van der Waals surface area contributed by atoms with E-state index < -0.39 is 28.5 Å². The van der Waals surface area contributed by atoms with Crippen LogP contribution in [0.5, 0.6) is 0 Å². The minimum atomic E-state index is -3.97. The number of fused-ring (bicyclic) bond motifs is 1. The van der Waals surface area contributed by atoms with Crippen molar-refractivity contribution in [2.45, 2.75) is 50.7 Å². The number of amides is 2. The summed E-state index contributed by atoms with van der Waals surface area (Å²) >= 11 is 12.2. The zero-order chi connectivity index (χ0) is 27.3. The van der Waals surface area contributed by atoms with Crippen molar-refractivity contribution in [2.24, 2.45) is 0 Å². The van der Waals surface area contributed by atoms with Crippen LogP contribution in [0.15, 0.2) is 65.6 Å². The van der Waals surface area contributed by atoms with Crippen LogP contribution >= 0.6 is 23.2 Å². The van der Waals surface area contributed by atoms with Gasteiger partial charge in [-0.25, -0.2) is 8.42 Å². The fourth-order valence-corrected chi connectivity index (χ4v) is 5.49. The molecule has 0 spiro atoms. The Labute approximate surface area is 228 Å². The van der Waals surface area contributed by atoms with Crippen LogP contribution in [0.2, 0.25) is 10.0 Å². The first-order valence-electron chi connectivity index (χ1n) is 11.9. The molecule has 0 heterocycles. The molecular weight excluding hydrogens is 533 g/mol. The molecule has 0 bridgehead atoms. The number of carbonyl (C=O) groups is 2. The first-order chi connectivity index (χ1) is 17.4. The Hall–Kier alpha value is -2.65. The molecular formula is C27H31Cl2N3O4S. The van der Waals surface area contributed by atoms with Gasteiger partial charge in [-0.1, -0.05) is 66.5 Å². The monoisotopic (exact) mass is 563 g/mol. The minimum absolute atomic E-state index is 0.0591. The summed E-state index contributed by atoms with van der Waals surface area (Å²) < 4.78 is 27.7.